The Morgan fingerprint density at radius 1 is 1.82 bits per heavy atom. The number of rotatable bonds is 3. The van der Waals surface area contributed by atoms with Crippen LogP contribution in [0.25, 0.3) is 0 Å². The van der Waals surface area contributed by atoms with Crippen molar-refractivity contribution in [2.75, 3.05) is 6.61 Å². The summed E-state index contributed by atoms with van der Waals surface area (Å²) in [6, 6.07) is 0. The molecule has 0 saturated carbocycles. The number of carbonyl (C=O) groups excluding carboxylic acids is 1. The molecule has 0 aromatic heterocycles. The predicted octanol–water partition coefficient (Wildman–Crippen LogP) is 0.800. The summed E-state index contributed by atoms with van der Waals surface area (Å²) in [7, 11) is 0. The first-order valence-electron chi connectivity index (χ1n) is 3.25. The molecule has 1 saturated heterocycles. The molecule has 3 nitrogen and oxygen atoms in total. The number of ether oxygens (including phenoxy) is 2. The largest absolute Gasteiger partial charge is 0.340 e. The highest BCUT2D eigenvalue weighted by Crippen LogP contribution is 2.27. The Hall–Kier alpha value is -0.740. The Bertz CT molecular complexity index is 171. The lowest BCUT2D eigenvalue weighted by Gasteiger charge is -2.13. The second-order valence-corrected chi connectivity index (χ2v) is 2.31. The highest BCUT2D eigenvalue weighted by atomic mass is 19.2. The Labute approximate surface area is 63.8 Å². The zero-order chi connectivity index (χ0) is 8.32. The summed E-state index contributed by atoms with van der Waals surface area (Å²) < 4.78 is 22.4. The SMILES string of the molecule is C=CCC1(F)COC(C=O)O1. The summed E-state index contributed by atoms with van der Waals surface area (Å²) in [6.07, 6.45) is 0.790. The van der Waals surface area contributed by atoms with E-state index in [4.69, 9.17) is 0 Å². The van der Waals surface area contributed by atoms with Gasteiger partial charge in [0, 0.05) is 6.42 Å². The summed E-state index contributed by atoms with van der Waals surface area (Å²) in [5.74, 6) is -1.85. The third kappa shape index (κ3) is 1.85. The molecule has 1 rings (SSSR count). The first kappa shape index (κ1) is 8.36. The monoisotopic (exact) mass is 160 g/mol. The lowest BCUT2D eigenvalue weighted by molar-refractivity contribution is -0.156. The van der Waals surface area contributed by atoms with E-state index in [2.05, 4.69) is 16.1 Å². The predicted molar refractivity (Wildman–Crippen MR) is 35.5 cm³/mol. The molecule has 0 bridgehead atoms. The van der Waals surface area contributed by atoms with Crippen molar-refractivity contribution in [1.29, 1.82) is 0 Å². The molecule has 0 amide bonds. The second-order valence-electron chi connectivity index (χ2n) is 2.31. The van der Waals surface area contributed by atoms with E-state index in [0.29, 0.717) is 6.29 Å². The lowest BCUT2D eigenvalue weighted by atomic mass is 10.2. The molecule has 4 heteroatoms. The van der Waals surface area contributed by atoms with E-state index in [1.165, 1.54) is 6.08 Å². The number of alkyl halides is 1. The summed E-state index contributed by atoms with van der Waals surface area (Å²) in [5, 5.41) is 0. The normalized spacial score (nSPS) is 37.0. The van der Waals surface area contributed by atoms with Crippen molar-refractivity contribution in [3.05, 3.63) is 12.7 Å². The number of hydrogen-bond donors (Lipinski definition) is 0. The Kier molecular flexibility index (Phi) is 2.36. The van der Waals surface area contributed by atoms with Crippen molar-refractivity contribution < 1.29 is 18.7 Å². The molecule has 62 valence electrons. The van der Waals surface area contributed by atoms with E-state index in [1.54, 1.807) is 0 Å². The van der Waals surface area contributed by atoms with Crippen LogP contribution < -0.4 is 0 Å². The Balaban J connectivity index is 2.49. The molecule has 1 aliphatic heterocycles. The third-order valence-electron chi connectivity index (χ3n) is 1.35. The van der Waals surface area contributed by atoms with Gasteiger partial charge in [0.05, 0.1) is 0 Å². The van der Waals surface area contributed by atoms with Crippen LogP contribution in [0.3, 0.4) is 0 Å². The topological polar surface area (TPSA) is 35.5 Å². The van der Waals surface area contributed by atoms with E-state index >= 15 is 0 Å². The van der Waals surface area contributed by atoms with Crippen LogP contribution in [0.5, 0.6) is 0 Å². The molecule has 2 unspecified atom stereocenters. The molecule has 2 atom stereocenters. The number of carbonyl (C=O) groups is 1. The van der Waals surface area contributed by atoms with Crippen LogP contribution in [0.4, 0.5) is 4.39 Å². The third-order valence-corrected chi connectivity index (χ3v) is 1.35. The van der Waals surface area contributed by atoms with Crippen LogP contribution in [0.2, 0.25) is 0 Å². The van der Waals surface area contributed by atoms with Gasteiger partial charge in [-0.3, -0.25) is 4.79 Å². The van der Waals surface area contributed by atoms with Gasteiger partial charge in [-0.25, -0.2) is 4.39 Å². The summed E-state index contributed by atoms with van der Waals surface area (Å²) >= 11 is 0. The molecule has 0 aromatic carbocycles. The van der Waals surface area contributed by atoms with Crippen LogP contribution in [0.1, 0.15) is 6.42 Å². The van der Waals surface area contributed by atoms with Gasteiger partial charge in [0.1, 0.15) is 6.61 Å². The number of halogens is 1. The highest BCUT2D eigenvalue weighted by Gasteiger charge is 2.40. The maximum absolute atomic E-state index is 13.2. The molecular formula is C7H9FO3. The van der Waals surface area contributed by atoms with E-state index in [1.807, 2.05) is 0 Å². The summed E-state index contributed by atoms with van der Waals surface area (Å²) in [5.41, 5.74) is 0. The molecule has 0 aliphatic carbocycles. The quantitative estimate of drug-likeness (QED) is 0.452. The molecule has 0 radical (unpaired) electrons. The molecule has 1 aliphatic rings. The molecule has 11 heavy (non-hydrogen) atoms. The van der Waals surface area contributed by atoms with Crippen LogP contribution in [0.15, 0.2) is 12.7 Å². The van der Waals surface area contributed by atoms with Gasteiger partial charge in [0.25, 0.3) is 0 Å². The molecule has 0 spiro atoms. The van der Waals surface area contributed by atoms with Crippen molar-refractivity contribution in [3.63, 3.8) is 0 Å². The summed E-state index contributed by atoms with van der Waals surface area (Å²) in [6.45, 7) is 3.15. The van der Waals surface area contributed by atoms with E-state index in [9.17, 15) is 9.18 Å². The van der Waals surface area contributed by atoms with Crippen molar-refractivity contribution in [3.8, 4) is 0 Å². The van der Waals surface area contributed by atoms with Gasteiger partial charge in [0.15, 0.2) is 6.29 Å². The second kappa shape index (κ2) is 3.11. The maximum atomic E-state index is 13.2. The van der Waals surface area contributed by atoms with Gasteiger partial charge in [-0.2, -0.15) is 0 Å². The minimum absolute atomic E-state index is 0.0390. The smallest absolute Gasteiger partial charge is 0.238 e. The fourth-order valence-electron chi connectivity index (χ4n) is 0.872. The number of hydrogen-bond acceptors (Lipinski definition) is 3. The minimum Gasteiger partial charge on any atom is -0.340 e. The summed E-state index contributed by atoms with van der Waals surface area (Å²) in [4.78, 5) is 10.1. The molecule has 1 heterocycles. The van der Waals surface area contributed by atoms with Crippen LogP contribution >= 0.6 is 0 Å². The first-order valence-corrected chi connectivity index (χ1v) is 3.25. The number of aldehydes is 1. The fourth-order valence-corrected chi connectivity index (χ4v) is 0.872. The molecule has 0 N–H and O–H groups in total. The molecular weight excluding hydrogens is 151 g/mol. The average molecular weight is 160 g/mol. The van der Waals surface area contributed by atoms with E-state index in [0.717, 1.165) is 0 Å². The van der Waals surface area contributed by atoms with Gasteiger partial charge in [0.2, 0.25) is 12.1 Å². The van der Waals surface area contributed by atoms with Crippen LogP contribution in [-0.2, 0) is 14.3 Å². The Morgan fingerprint density at radius 3 is 3.00 bits per heavy atom. The zero-order valence-corrected chi connectivity index (χ0v) is 5.96. The standard InChI is InChI=1S/C7H9FO3/c1-2-3-7(8)5-10-6(4-9)11-7/h2,4,6H,1,3,5H2. The van der Waals surface area contributed by atoms with Crippen molar-refractivity contribution in [1.82, 2.24) is 0 Å². The maximum Gasteiger partial charge on any atom is 0.238 e. The van der Waals surface area contributed by atoms with Gasteiger partial charge >= 0.3 is 0 Å². The zero-order valence-electron chi connectivity index (χ0n) is 5.96. The van der Waals surface area contributed by atoms with Gasteiger partial charge in [-0.15, -0.1) is 6.58 Å². The van der Waals surface area contributed by atoms with Crippen LogP contribution in [0, 0.1) is 0 Å². The first-order chi connectivity index (χ1) is 5.20. The van der Waals surface area contributed by atoms with E-state index in [-0.39, 0.29) is 13.0 Å². The van der Waals surface area contributed by atoms with E-state index < -0.39 is 12.1 Å². The van der Waals surface area contributed by atoms with Crippen molar-refractivity contribution >= 4 is 6.29 Å². The Morgan fingerprint density at radius 2 is 2.55 bits per heavy atom. The lowest BCUT2D eigenvalue weighted by Crippen LogP contribution is -2.25. The van der Waals surface area contributed by atoms with Gasteiger partial charge in [-0.05, 0) is 0 Å². The fraction of sp³-hybridized carbons (Fsp3) is 0.571. The van der Waals surface area contributed by atoms with Crippen molar-refractivity contribution in [2.24, 2.45) is 0 Å². The van der Waals surface area contributed by atoms with Crippen LogP contribution in [-0.4, -0.2) is 25.0 Å². The van der Waals surface area contributed by atoms with Crippen molar-refractivity contribution in [2.45, 2.75) is 18.6 Å². The highest BCUT2D eigenvalue weighted by molar-refractivity contribution is 5.54. The molecule has 0 aromatic rings. The minimum atomic E-state index is -1.85. The van der Waals surface area contributed by atoms with Gasteiger partial charge in [-0.1, -0.05) is 6.08 Å². The average Bonchev–Trinajstić information content (AvgIpc) is 2.33. The molecule has 1 fully saturated rings. The van der Waals surface area contributed by atoms with Gasteiger partial charge < -0.3 is 9.47 Å².